The maximum Gasteiger partial charge on any atom is 0.174 e. The summed E-state index contributed by atoms with van der Waals surface area (Å²) in [7, 11) is 0. The molecular weight excluding hydrogens is 284 g/mol. The largest absolute Gasteiger partial charge is 0.174 e. The lowest BCUT2D eigenvalue weighted by Crippen LogP contribution is -1.84. The van der Waals surface area contributed by atoms with E-state index in [2.05, 4.69) is 53.5 Å². The summed E-state index contributed by atoms with van der Waals surface area (Å²) in [6, 6.07) is 18.7. The highest BCUT2D eigenvalue weighted by Gasteiger charge is 2.07. The molecule has 0 bridgehead atoms. The average Bonchev–Trinajstić information content (AvgIpc) is 2.96. The van der Waals surface area contributed by atoms with Gasteiger partial charge in [-0.05, 0) is 18.1 Å². The summed E-state index contributed by atoms with van der Waals surface area (Å²) < 4.78 is 1.02. The third kappa shape index (κ3) is 3.08. The smallest absolute Gasteiger partial charge is 0.137 e. The third-order valence-electron chi connectivity index (χ3n) is 3.04. The Hall–Kier alpha value is -1.65. The summed E-state index contributed by atoms with van der Waals surface area (Å²) in [5.41, 5.74) is 3.81. The number of aromatic nitrogens is 2. The van der Waals surface area contributed by atoms with Gasteiger partial charge in [0.1, 0.15) is 5.01 Å². The Morgan fingerprint density at radius 1 is 0.950 bits per heavy atom. The fourth-order valence-corrected chi connectivity index (χ4v) is 3.81. The Morgan fingerprint density at radius 3 is 2.50 bits per heavy atom. The minimum atomic E-state index is 0.941. The summed E-state index contributed by atoms with van der Waals surface area (Å²) in [4.78, 5) is 0. The van der Waals surface area contributed by atoms with Crippen LogP contribution >= 0.6 is 23.1 Å². The Morgan fingerprint density at radius 2 is 1.70 bits per heavy atom. The second-order valence-corrected chi connectivity index (χ2v) is 6.65. The van der Waals surface area contributed by atoms with E-state index in [1.807, 2.05) is 18.2 Å². The zero-order valence-electron chi connectivity index (χ0n) is 11.1. The van der Waals surface area contributed by atoms with Crippen LogP contribution < -0.4 is 0 Å². The molecule has 1 heterocycles. The van der Waals surface area contributed by atoms with Gasteiger partial charge in [0.05, 0.1) is 0 Å². The molecule has 0 radical (unpaired) electrons. The summed E-state index contributed by atoms with van der Waals surface area (Å²) in [5, 5.41) is 9.52. The highest BCUT2D eigenvalue weighted by molar-refractivity contribution is 8.00. The Bertz CT molecular complexity index is 692. The molecule has 0 spiro atoms. The first-order valence-electron chi connectivity index (χ1n) is 6.39. The van der Waals surface area contributed by atoms with E-state index in [1.165, 1.54) is 11.1 Å². The van der Waals surface area contributed by atoms with Crippen molar-refractivity contribution in [1.29, 1.82) is 0 Å². The van der Waals surface area contributed by atoms with Gasteiger partial charge in [-0.3, -0.25) is 0 Å². The van der Waals surface area contributed by atoms with Crippen molar-refractivity contribution in [2.75, 3.05) is 0 Å². The van der Waals surface area contributed by atoms with Crippen LogP contribution in [-0.2, 0) is 5.75 Å². The average molecular weight is 298 g/mol. The standard InChI is InChI=1S/C16H14N2S2/c1-12-7-5-6-10-14(12)11-19-16-18-17-15(20-16)13-8-3-2-4-9-13/h2-10H,11H2,1H3. The molecule has 0 atom stereocenters. The lowest BCUT2D eigenvalue weighted by Gasteiger charge is -2.02. The molecule has 0 aliphatic carbocycles. The number of hydrogen-bond donors (Lipinski definition) is 0. The molecule has 0 aliphatic heterocycles. The maximum absolute atomic E-state index is 4.27. The molecule has 0 saturated heterocycles. The molecule has 0 aliphatic rings. The van der Waals surface area contributed by atoms with Gasteiger partial charge in [0.2, 0.25) is 0 Å². The first-order valence-corrected chi connectivity index (χ1v) is 8.19. The molecule has 3 aromatic rings. The van der Waals surface area contributed by atoms with Crippen LogP contribution in [0.3, 0.4) is 0 Å². The molecule has 2 nitrogen and oxygen atoms in total. The molecule has 2 aromatic carbocycles. The molecule has 0 N–H and O–H groups in total. The van der Waals surface area contributed by atoms with E-state index >= 15 is 0 Å². The van der Waals surface area contributed by atoms with E-state index in [4.69, 9.17) is 0 Å². The monoisotopic (exact) mass is 298 g/mol. The van der Waals surface area contributed by atoms with E-state index < -0.39 is 0 Å². The number of benzene rings is 2. The number of hydrogen-bond acceptors (Lipinski definition) is 4. The van der Waals surface area contributed by atoms with E-state index in [1.54, 1.807) is 23.1 Å². The quantitative estimate of drug-likeness (QED) is 0.647. The number of thioether (sulfide) groups is 1. The zero-order chi connectivity index (χ0) is 13.8. The highest BCUT2D eigenvalue weighted by Crippen LogP contribution is 2.31. The SMILES string of the molecule is Cc1ccccc1CSc1nnc(-c2ccccc2)s1. The Labute approximate surface area is 126 Å². The minimum absolute atomic E-state index is 0.941. The summed E-state index contributed by atoms with van der Waals surface area (Å²) in [6.45, 7) is 2.14. The van der Waals surface area contributed by atoms with Crippen molar-refractivity contribution in [2.45, 2.75) is 17.0 Å². The van der Waals surface area contributed by atoms with Gasteiger partial charge in [-0.15, -0.1) is 10.2 Å². The van der Waals surface area contributed by atoms with E-state index in [0.717, 1.165) is 20.7 Å². The van der Waals surface area contributed by atoms with Crippen LogP contribution in [0.4, 0.5) is 0 Å². The highest BCUT2D eigenvalue weighted by atomic mass is 32.2. The molecule has 3 rings (SSSR count). The van der Waals surface area contributed by atoms with Crippen molar-refractivity contribution in [3.05, 3.63) is 65.7 Å². The van der Waals surface area contributed by atoms with Gasteiger partial charge >= 0.3 is 0 Å². The topological polar surface area (TPSA) is 25.8 Å². The van der Waals surface area contributed by atoms with Gasteiger partial charge in [0.25, 0.3) is 0 Å². The van der Waals surface area contributed by atoms with Gasteiger partial charge in [-0.1, -0.05) is 77.7 Å². The summed E-state index contributed by atoms with van der Waals surface area (Å²) in [6.07, 6.45) is 0. The van der Waals surface area contributed by atoms with Gasteiger partial charge in [-0.25, -0.2) is 0 Å². The number of nitrogens with zero attached hydrogens (tertiary/aromatic N) is 2. The van der Waals surface area contributed by atoms with Gasteiger partial charge < -0.3 is 0 Å². The lowest BCUT2D eigenvalue weighted by atomic mass is 10.1. The van der Waals surface area contributed by atoms with Gasteiger partial charge in [0.15, 0.2) is 4.34 Å². The normalized spacial score (nSPS) is 10.7. The molecular formula is C16H14N2S2. The molecule has 4 heteroatoms. The van der Waals surface area contributed by atoms with Crippen molar-refractivity contribution in [1.82, 2.24) is 10.2 Å². The molecule has 0 fully saturated rings. The van der Waals surface area contributed by atoms with Crippen molar-refractivity contribution < 1.29 is 0 Å². The molecule has 20 heavy (non-hydrogen) atoms. The predicted octanol–water partition coefficient (Wildman–Crippen LogP) is 4.81. The molecule has 0 saturated carbocycles. The lowest BCUT2D eigenvalue weighted by molar-refractivity contribution is 1.01. The maximum atomic E-state index is 4.27. The molecule has 100 valence electrons. The first-order chi connectivity index (χ1) is 9.83. The van der Waals surface area contributed by atoms with E-state index in [-0.39, 0.29) is 0 Å². The molecule has 1 aromatic heterocycles. The predicted molar refractivity (Wildman–Crippen MR) is 86.1 cm³/mol. The summed E-state index contributed by atoms with van der Waals surface area (Å²) >= 11 is 3.40. The number of rotatable bonds is 4. The van der Waals surface area contributed by atoms with Crippen molar-refractivity contribution in [3.63, 3.8) is 0 Å². The second-order valence-electron chi connectivity index (χ2n) is 4.45. The van der Waals surface area contributed by atoms with Gasteiger partial charge in [0, 0.05) is 11.3 Å². The van der Waals surface area contributed by atoms with Crippen LogP contribution in [0.1, 0.15) is 11.1 Å². The van der Waals surface area contributed by atoms with E-state index in [0.29, 0.717) is 0 Å². The Balaban J connectivity index is 1.71. The van der Waals surface area contributed by atoms with Gasteiger partial charge in [-0.2, -0.15) is 0 Å². The van der Waals surface area contributed by atoms with Crippen molar-refractivity contribution in [2.24, 2.45) is 0 Å². The minimum Gasteiger partial charge on any atom is -0.137 e. The Kier molecular flexibility index (Phi) is 4.14. The van der Waals surface area contributed by atoms with Crippen LogP contribution in [0.25, 0.3) is 10.6 Å². The van der Waals surface area contributed by atoms with Crippen LogP contribution in [0.5, 0.6) is 0 Å². The van der Waals surface area contributed by atoms with Crippen LogP contribution in [-0.4, -0.2) is 10.2 Å². The van der Waals surface area contributed by atoms with Crippen LogP contribution in [0.2, 0.25) is 0 Å². The van der Waals surface area contributed by atoms with Crippen LogP contribution in [0.15, 0.2) is 58.9 Å². The number of aryl methyl sites for hydroxylation is 1. The fraction of sp³-hybridized carbons (Fsp3) is 0.125. The molecule has 0 amide bonds. The second kappa shape index (κ2) is 6.20. The fourth-order valence-electron chi connectivity index (χ4n) is 1.88. The van der Waals surface area contributed by atoms with Crippen molar-refractivity contribution in [3.8, 4) is 10.6 Å². The summed E-state index contributed by atoms with van der Waals surface area (Å²) in [5.74, 6) is 0.941. The first kappa shape index (κ1) is 13.3. The zero-order valence-corrected chi connectivity index (χ0v) is 12.7. The molecule has 0 unspecified atom stereocenters. The van der Waals surface area contributed by atoms with Crippen molar-refractivity contribution >= 4 is 23.1 Å². The van der Waals surface area contributed by atoms with E-state index in [9.17, 15) is 0 Å². The third-order valence-corrected chi connectivity index (χ3v) is 5.19. The van der Waals surface area contributed by atoms with Crippen LogP contribution in [0, 0.1) is 6.92 Å².